The Morgan fingerprint density at radius 2 is 1.57 bits per heavy atom. The van der Waals surface area contributed by atoms with E-state index in [0.29, 0.717) is 33.4 Å². The molecule has 0 atom stereocenters. The van der Waals surface area contributed by atoms with Gasteiger partial charge < -0.3 is 10.6 Å². The average Bonchev–Trinajstić information content (AvgIpc) is 2.55. The number of hydrogen-bond acceptors (Lipinski definition) is 2. The highest BCUT2D eigenvalue weighted by Crippen LogP contribution is 2.25. The molecule has 0 heterocycles. The quantitative estimate of drug-likeness (QED) is 0.840. The summed E-state index contributed by atoms with van der Waals surface area (Å²) < 4.78 is 0. The Morgan fingerprint density at radius 3 is 2.13 bits per heavy atom. The van der Waals surface area contributed by atoms with Gasteiger partial charge in [0.1, 0.15) is 0 Å². The predicted molar refractivity (Wildman–Crippen MR) is 93.5 cm³/mol. The van der Waals surface area contributed by atoms with Crippen LogP contribution >= 0.6 is 23.2 Å². The molecule has 0 aliphatic heterocycles. The Bertz CT molecular complexity index is 715. The number of hydrogen-bond donors (Lipinski definition) is 2. The van der Waals surface area contributed by atoms with E-state index in [1.54, 1.807) is 42.5 Å². The number of carbonyl (C=O) groups excluding carboxylic acids is 2. The van der Waals surface area contributed by atoms with Crippen LogP contribution in [0, 0.1) is 0 Å². The molecule has 0 radical (unpaired) electrons. The number of nitrogens with one attached hydrogen (secondary N) is 2. The molecule has 0 aromatic heterocycles. The van der Waals surface area contributed by atoms with E-state index in [-0.39, 0.29) is 11.8 Å². The van der Waals surface area contributed by atoms with Gasteiger partial charge in [0.25, 0.3) is 11.8 Å². The fraction of sp³-hybridized carbons (Fsp3) is 0.176. The number of anilines is 1. The number of carbonyl (C=O) groups is 2. The summed E-state index contributed by atoms with van der Waals surface area (Å²) in [5.41, 5.74) is 1.42. The first-order valence-electron chi connectivity index (χ1n) is 7.16. The normalized spacial score (nSPS) is 10.2. The Balaban J connectivity index is 2.06. The summed E-state index contributed by atoms with van der Waals surface area (Å²) in [4.78, 5) is 24.0. The van der Waals surface area contributed by atoms with Crippen LogP contribution in [0.15, 0.2) is 42.5 Å². The predicted octanol–water partition coefficient (Wildman–Crippen LogP) is 4.39. The Morgan fingerprint density at radius 1 is 0.957 bits per heavy atom. The van der Waals surface area contributed by atoms with Crippen LogP contribution in [0.3, 0.4) is 0 Å². The fourth-order valence-electron chi connectivity index (χ4n) is 1.90. The molecule has 4 nitrogen and oxygen atoms in total. The lowest BCUT2D eigenvalue weighted by atomic mass is 10.1. The second-order valence-corrected chi connectivity index (χ2v) is 5.76. The van der Waals surface area contributed by atoms with Crippen molar-refractivity contribution in [1.29, 1.82) is 0 Å². The number of rotatable bonds is 5. The topological polar surface area (TPSA) is 58.2 Å². The summed E-state index contributed by atoms with van der Waals surface area (Å²) in [6.07, 6.45) is 0.869. The fourth-order valence-corrected chi connectivity index (χ4v) is 2.35. The van der Waals surface area contributed by atoms with E-state index < -0.39 is 0 Å². The average molecular weight is 351 g/mol. The van der Waals surface area contributed by atoms with Gasteiger partial charge in [0.05, 0.1) is 10.7 Å². The Hall–Kier alpha value is -2.04. The molecule has 2 N–H and O–H groups in total. The van der Waals surface area contributed by atoms with Crippen molar-refractivity contribution in [3.05, 3.63) is 63.6 Å². The van der Waals surface area contributed by atoms with Crippen LogP contribution in [0.4, 0.5) is 5.69 Å². The largest absolute Gasteiger partial charge is 0.352 e. The molecule has 2 aromatic rings. The van der Waals surface area contributed by atoms with Crippen LogP contribution in [0.2, 0.25) is 10.0 Å². The number of benzene rings is 2. The van der Waals surface area contributed by atoms with Crippen LogP contribution in [0.1, 0.15) is 34.1 Å². The van der Waals surface area contributed by atoms with Gasteiger partial charge in [-0.3, -0.25) is 9.59 Å². The molecule has 2 amide bonds. The SMILES string of the molecule is CCCNC(=O)c1ccc(C(=O)Nc2ccc(Cl)cc2Cl)cc1. The first-order chi connectivity index (χ1) is 11.0. The van der Waals surface area contributed by atoms with Crippen molar-refractivity contribution in [2.24, 2.45) is 0 Å². The summed E-state index contributed by atoms with van der Waals surface area (Å²) >= 11 is 11.8. The third kappa shape index (κ3) is 4.71. The summed E-state index contributed by atoms with van der Waals surface area (Å²) in [7, 11) is 0. The van der Waals surface area contributed by atoms with E-state index in [9.17, 15) is 9.59 Å². The molecular weight excluding hydrogens is 335 g/mol. The van der Waals surface area contributed by atoms with Crippen LogP contribution in [0.25, 0.3) is 0 Å². The van der Waals surface area contributed by atoms with Gasteiger partial charge in [-0.1, -0.05) is 30.1 Å². The second kappa shape index (κ2) is 7.99. The molecule has 2 rings (SSSR count). The molecule has 0 aliphatic rings. The van der Waals surface area contributed by atoms with E-state index in [4.69, 9.17) is 23.2 Å². The van der Waals surface area contributed by atoms with E-state index >= 15 is 0 Å². The molecule has 0 fully saturated rings. The molecule has 0 saturated heterocycles. The van der Waals surface area contributed by atoms with Gasteiger partial charge in [-0.15, -0.1) is 0 Å². The van der Waals surface area contributed by atoms with Gasteiger partial charge in [-0.2, -0.15) is 0 Å². The maximum Gasteiger partial charge on any atom is 0.255 e. The monoisotopic (exact) mass is 350 g/mol. The van der Waals surface area contributed by atoms with Crippen molar-refractivity contribution < 1.29 is 9.59 Å². The molecular formula is C17H16Cl2N2O2. The Kier molecular flexibility index (Phi) is 6.02. The zero-order chi connectivity index (χ0) is 16.8. The van der Waals surface area contributed by atoms with Crippen molar-refractivity contribution in [2.75, 3.05) is 11.9 Å². The van der Waals surface area contributed by atoms with Crippen LogP contribution in [-0.2, 0) is 0 Å². The van der Waals surface area contributed by atoms with Gasteiger partial charge >= 0.3 is 0 Å². The minimum atomic E-state index is -0.310. The summed E-state index contributed by atoms with van der Waals surface area (Å²) in [5, 5.41) is 6.35. The van der Waals surface area contributed by atoms with Gasteiger partial charge in [0.15, 0.2) is 0 Å². The zero-order valence-corrected chi connectivity index (χ0v) is 14.0. The summed E-state index contributed by atoms with van der Waals surface area (Å²) in [6.45, 7) is 2.60. The minimum Gasteiger partial charge on any atom is -0.352 e. The molecule has 2 aromatic carbocycles. The van der Waals surface area contributed by atoms with Gasteiger partial charge in [0, 0.05) is 22.7 Å². The van der Waals surface area contributed by atoms with E-state index in [0.717, 1.165) is 6.42 Å². The van der Waals surface area contributed by atoms with Gasteiger partial charge in [-0.05, 0) is 48.9 Å². The molecule has 0 saturated carbocycles. The first-order valence-corrected chi connectivity index (χ1v) is 7.91. The maximum atomic E-state index is 12.2. The van der Waals surface area contributed by atoms with Gasteiger partial charge in [-0.25, -0.2) is 0 Å². The number of amides is 2. The minimum absolute atomic E-state index is 0.153. The standard InChI is InChI=1S/C17H16Cl2N2O2/c1-2-9-20-16(22)11-3-5-12(6-4-11)17(23)21-15-8-7-13(18)10-14(15)19/h3-8,10H,2,9H2,1H3,(H,20,22)(H,21,23). The molecule has 0 unspecified atom stereocenters. The van der Waals surface area contributed by atoms with E-state index in [1.807, 2.05) is 6.92 Å². The molecule has 6 heteroatoms. The second-order valence-electron chi connectivity index (χ2n) is 4.91. The lowest BCUT2D eigenvalue weighted by molar-refractivity contribution is 0.0951. The zero-order valence-electron chi connectivity index (χ0n) is 12.5. The van der Waals surface area contributed by atoms with Crippen molar-refractivity contribution in [3.63, 3.8) is 0 Å². The molecule has 0 aliphatic carbocycles. The van der Waals surface area contributed by atoms with Crippen molar-refractivity contribution in [2.45, 2.75) is 13.3 Å². The summed E-state index contributed by atoms with van der Waals surface area (Å²) in [5.74, 6) is -0.464. The van der Waals surface area contributed by atoms with Gasteiger partial charge in [0.2, 0.25) is 0 Å². The van der Waals surface area contributed by atoms with Crippen molar-refractivity contribution in [1.82, 2.24) is 5.32 Å². The highest BCUT2D eigenvalue weighted by atomic mass is 35.5. The highest BCUT2D eigenvalue weighted by molar-refractivity contribution is 6.36. The van der Waals surface area contributed by atoms with Crippen LogP contribution in [-0.4, -0.2) is 18.4 Å². The molecule has 0 bridgehead atoms. The Labute approximate surface area is 144 Å². The van der Waals surface area contributed by atoms with E-state index in [2.05, 4.69) is 10.6 Å². The third-order valence-corrected chi connectivity index (χ3v) is 3.67. The van der Waals surface area contributed by atoms with E-state index in [1.165, 1.54) is 0 Å². The first kappa shape index (κ1) is 17.3. The molecule has 0 spiro atoms. The van der Waals surface area contributed by atoms with Crippen LogP contribution < -0.4 is 10.6 Å². The van der Waals surface area contributed by atoms with Crippen LogP contribution in [0.5, 0.6) is 0 Å². The van der Waals surface area contributed by atoms with Crippen molar-refractivity contribution >= 4 is 40.7 Å². The lowest BCUT2D eigenvalue weighted by Crippen LogP contribution is -2.24. The summed E-state index contributed by atoms with van der Waals surface area (Å²) in [6, 6.07) is 11.3. The molecule has 23 heavy (non-hydrogen) atoms. The molecule has 120 valence electrons. The highest BCUT2D eigenvalue weighted by Gasteiger charge is 2.10. The third-order valence-electron chi connectivity index (χ3n) is 3.12. The maximum absolute atomic E-state index is 12.2. The smallest absolute Gasteiger partial charge is 0.255 e. The lowest BCUT2D eigenvalue weighted by Gasteiger charge is -2.08. The van der Waals surface area contributed by atoms with Crippen molar-refractivity contribution in [3.8, 4) is 0 Å². The number of halogens is 2.